The summed E-state index contributed by atoms with van der Waals surface area (Å²) in [4.78, 5) is 47.5. The van der Waals surface area contributed by atoms with E-state index in [-0.39, 0.29) is 30.9 Å². The lowest BCUT2D eigenvalue weighted by molar-refractivity contribution is -0.151. The average Bonchev–Trinajstić information content (AvgIpc) is 3.16. The fourth-order valence-corrected chi connectivity index (χ4v) is 6.64. The second-order valence-corrected chi connectivity index (χ2v) is 10.7. The standard InChI is InChI=1S/C29H37N3O5/c1-3-4-8-16-30-17-10-15-29-23(26(35)32(19-11-20-33)24(29)27(30)36)22-25(34)31(21-12-6-5-7-13-21)18-9-14-28(22,2)37-29/h5-7,9-10,12-15,22-24,33H,3-4,8,11,16-20H2,1-2H3/t22-,23-,24?,28+,29-/m0/s1. The van der Waals surface area contributed by atoms with Crippen molar-refractivity contribution in [3.63, 3.8) is 0 Å². The Bertz CT molecular complexity index is 1100. The highest BCUT2D eigenvalue weighted by atomic mass is 16.5. The zero-order valence-corrected chi connectivity index (χ0v) is 21.7. The molecule has 0 aliphatic carbocycles. The number of ether oxygens (including phenoxy) is 1. The van der Waals surface area contributed by atoms with Gasteiger partial charge in [0.15, 0.2) is 0 Å². The van der Waals surface area contributed by atoms with Gasteiger partial charge in [-0.15, -0.1) is 0 Å². The molecule has 0 saturated carbocycles. The average molecular weight is 508 g/mol. The zero-order chi connectivity index (χ0) is 26.2. The third kappa shape index (κ3) is 4.10. The molecular formula is C29H37N3O5. The van der Waals surface area contributed by atoms with E-state index in [1.165, 1.54) is 0 Å². The van der Waals surface area contributed by atoms with Crippen LogP contribution in [0, 0.1) is 11.8 Å². The van der Waals surface area contributed by atoms with Crippen LogP contribution in [-0.2, 0) is 19.1 Å². The number of carbonyl (C=O) groups excluding carboxylic acids is 3. The minimum absolute atomic E-state index is 0.0934. The van der Waals surface area contributed by atoms with Gasteiger partial charge in [0.25, 0.3) is 0 Å². The van der Waals surface area contributed by atoms with Gasteiger partial charge in [0.1, 0.15) is 11.6 Å². The summed E-state index contributed by atoms with van der Waals surface area (Å²) in [6.45, 7) is 5.56. The van der Waals surface area contributed by atoms with E-state index in [0.717, 1.165) is 24.9 Å². The maximum absolute atomic E-state index is 14.2. The fraction of sp³-hybridized carbons (Fsp3) is 0.552. The molecule has 4 heterocycles. The van der Waals surface area contributed by atoms with Crippen LogP contribution in [0.4, 0.5) is 5.69 Å². The summed E-state index contributed by atoms with van der Waals surface area (Å²) in [7, 11) is 0. The number of likely N-dealkylation sites (tertiary alicyclic amines) is 1. The molecule has 1 spiro atoms. The summed E-state index contributed by atoms with van der Waals surface area (Å²) in [5, 5.41) is 9.55. The van der Waals surface area contributed by atoms with Gasteiger partial charge in [0.2, 0.25) is 17.7 Å². The van der Waals surface area contributed by atoms with Crippen molar-refractivity contribution in [2.45, 2.75) is 56.8 Å². The molecule has 0 aromatic heterocycles. The normalized spacial score (nSPS) is 32.9. The number of aliphatic hydroxyl groups is 1. The lowest BCUT2D eigenvalue weighted by Gasteiger charge is -2.37. The third-order valence-electron chi connectivity index (χ3n) is 8.30. The molecule has 3 amide bonds. The minimum atomic E-state index is -1.25. The number of hydrogen-bond donors (Lipinski definition) is 1. The van der Waals surface area contributed by atoms with Crippen LogP contribution in [0.3, 0.4) is 0 Å². The van der Waals surface area contributed by atoms with Gasteiger partial charge in [0.05, 0.1) is 17.4 Å². The largest absolute Gasteiger partial charge is 0.396 e. The Morgan fingerprint density at radius 2 is 1.68 bits per heavy atom. The number of unbranched alkanes of at least 4 members (excludes halogenated alkanes) is 2. The molecule has 4 aliphatic rings. The van der Waals surface area contributed by atoms with E-state index >= 15 is 0 Å². The molecular weight excluding hydrogens is 470 g/mol. The van der Waals surface area contributed by atoms with Crippen molar-refractivity contribution >= 4 is 23.4 Å². The molecule has 1 aromatic rings. The van der Waals surface area contributed by atoms with Crippen molar-refractivity contribution in [3.8, 4) is 0 Å². The van der Waals surface area contributed by atoms with Crippen LogP contribution in [0.15, 0.2) is 54.6 Å². The van der Waals surface area contributed by atoms with Crippen LogP contribution >= 0.6 is 0 Å². The van der Waals surface area contributed by atoms with Gasteiger partial charge in [0, 0.05) is 38.5 Å². The van der Waals surface area contributed by atoms with Gasteiger partial charge in [-0.3, -0.25) is 14.4 Å². The molecule has 198 valence electrons. The second-order valence-electron chi connectivity index (χ2n) is 10.7. The molecule has 2 fully saturated rings. The lowest BCUT2D eigenvalue weighted by Crippen LogP contribution is -2.56. The SMILES string of the molecule is CCCCCN1CC=C[C@]23O[C@]4(C)C=CCN(c5ccccc5)C(=O)[C@@H]4[C@H]2C(=O)N(CCCO)C3C1=O. The highest BCUT2D eigenvalue weighted by Crippen LogP contribution is 2.57. The topological polar surface area (TPSA) is 90.4 Å². The molecule has 5 atom stereocenters. The van der Waals surface area contributed by atoms with Crippen LogP contribution < -0.4 is 4.90 Å². The van der Waals surface area contributed by atoms with E-state index < -0.39 is 29.1 Å². The van der Waals surface area contributed by atoms with Crippen LogP contribution in [-0.4, -0.2) is 82.7 Å². The Hall–Kier alpha value is -2.97. The summed E-state index contributed by atoms with van der Waals surface area (Å²) in [6, 6.07) is 8.57. The molecule has 1 N–H and O–H groups in total. The number of aliphatic hydroxyl groups excluding tert-OH is 1. The van der Waals surface area contributed by atoms with Crippen molar-refractivity contribution in [1.29, 1.82) is 0 Å². The maximum Gasteiger partial charge on any atom is 0.249 e. The van der Waals surface area contributed by atoms with E-state index in [4.69, 9.17) is 4.74 Å². The molecule has 1 aromatic carbocycles. The van der Waals surface area contributed by atoms with E-state index in [9.17, 15) is 19.5 Å². The van der Waals surface area contributed by atoms with Gasteiger partial charge in [-0.2, -0.15) is 0 Å². The number of nitrogens with zero attached hydrogens (tertiary/aromatic N) is 3. The van der Waals surface area contributed by atoms with Crippen molar-refractivity contribution in [3.05, 3.63) is 54.6 Å². The van der Waals surface area contributed by atoms with Crippen LogP contribution in [0.5, 0.6) is 0 Å². The smallest absolute Gasteiger partial charge is 0.249 e. The summed E-state index contributed by atoms with van der Waals surface area (Å²) >= 11 is 0. The van der Waals surface area contributed by atoms with Crippen LogP contribution in [0.2, 0.25) is 0 Å². The predicted molar refractivity (Wildman–Crippen MR) is 140 cm³/mol. The first-order valence-electron chi connectivity index (χ1n) is 13.5. The van der Waals surface area contributed by atoms with Crippen molar-refractivity contribution < 1.29 is 24.2 Å². The van der Waals surface area contributed by atoms with Gasteiger partial charge < -0.3 is 24.5 Å². The minimum Gasteiger partial charge on any atom is -0.396 e. The monoisotopic (exact) mass is 507 g/mol. The second kappa shape index (κ2) is 10.1. The first-order valence-corrected chi connectivity index (χ1v) is 13.5. The number of amides is 3. The Morgan fingerprint density at radius 1 is 0.919 bits per heavy atom. The molecule has 8 nitrogen and oxygen atoms in total. The molecule has 4 aliphatic heterocycles. The molecule has 2 saturated heterocycles. The summed E-state index contributed by atoms with van der Waals surface area (Å²) < 4.78 is 6.81. The highest BCUT2D eigenvalue weighted by molar-refractivity contribution is 6.04. The Kier molecular flexibility index (Phi) is 6.98. The maximum atomic E-state index is 14.2. The number of carbonyl (C=O) groups is 3. The van der Waals surface area contributed by atoms with E-state index in [1.807, 2.05) is 61.6 Å². The van der Waals surface area contributed by atoms with Crippen molar-refractivity contribution in [1.82, 2.24) is 9.80 Å². The molecule has 37 heavy (non-hydrogen) atoms. The first-order chi connectivity index (χ1) is 17.9. The number of rotatable bonds is 8. The van der Waals surface area contributed by atoms with Crippen molar-refractivity contribution in [2.75, 3.05) is 37.7 Å². The summed E-state index contributed by atoms with van der Waals surface area (Å²) in [6.07, 6.45) is 10.9. The zero-order valence-electron chi connectivity index (χ0n) is 21.7. The summed E-state index contributed by atoms with van der Waals surface area (Å²) in [5.41, 5.74) is -1.52. The molecule has 0 bridgehead atoms. The first kappa shape index (κ1) is 25.7. The number of benzene rings is 1. The molecule has 5 rings (SSSR count). The number of anilines is 1. The molecule has 1 unspecified atom stereocenters. The van der Waals surface area contributed by atoms with Crippen molar-refractivity contribution in [2.24, 2.45) is 11.8 Å². The molecule has 8 heteroatoms. The van der Waals surface area contributed by atoms with Gasteiger partial charge in [-0.05, 0) is 31.9 Å². The van der Waals surface area contributed by atoms with Gasteiger partial charge in [-0.25, -0.2) is 0 Å². The fourth-order valence-electron chi connectivity index (χ4n) is 6.64. The number of fused-ring (bicyclic) bond motifs is 2. The lowest BCUT2D eigenvalue weighted by atomic mass is 9.74. The summed E-state index contributed by atoms with van der Waals surface area (Å²) in [5.74, 6) is -2.20. The van der Waals surface area contributed by atoms with E-state index in [2.05, 4.69) is 6.92 Å². The third-order valence-corrected chi connectivity index (χ3v) is 8.30. The molecule has 0 radical (unpaired) electrons. The number of hydrogen-bond acceptors (Lipinski definition) is 5. The van der Waals surface area contributed by atoms with Crippen LogP contribution in [0.25, 0.3) is 0 Å². The highest BCUT2D eigenvalue weighted by Gasteiger charge is 2.74. The quantitative estimate of drug-likeness (QED) is 0.431. The number of para-hydroxylation sites is 1. The Labute approximate surface area is 218 Å². The van der Waals surface area contributed by atoms with Gasteiger partial charge in [-0.1, -0.05) is 62.3 Å². The Balaban J connectivity index is 1.57. The Morgan fingerprint density at radius 3 is 2.41 bits per heavy atom. The predicted octanol–water partition coefficient (Wildman–Crippen LogP) is 2.53. The van der Waals surface area contributed by atoms with Crippen LogP contribution in [0.1, 0.15) is 39.5 Å². The van der Waals surface area contributed by atoms with Gasteiger partial charge >= 0.3 is 0 Å². The van der Waals surface area contributed by atoms with E-state index in [0.29, 0.717) is 26.1 Å². The van der Waals surface area contributed by atoms with E-state index in [1.54, 1.807) is 14.7 Å².